The van der Waals surface area contributed by atoms with Crippen molar-refractivity contribution in [3.8, 4) is 0 Å². The number of carboxylic acid groups (broad SMARTS) is 1. The lowest BCUT2D eigenvalue weighted by Crippen LogP contribution is -2.20. The second-order valence-electron chi connectivity index (χ2n) is 2.60. The largest absolute Gasteiger partial charge is 0.480 e. The van der Waals surface area contributed by atoms with E-state index in [1.54, 1.807) is 0 Å². The summed E-state index contributed by atoms with van der Waals surface area (Å²) in [4.78, 5) is 10.8. The van der Waals surface area contributed by atoms with E-state index < -0.39 is 12.0 Å². The van der Waals surface area contributed by atoms with Crippen LogP contribution in [0.25, 0.3) is 0 Å². The molecule has 0 fully saturated rings. The number of aromatic nitrogens is 4. The highest BCUT2D eigenvalue weighted by molar-refractivity contribution is 7.71. The van der Waals surface area contributed by atoms with Gasteiger partial charge in [0.05, 0.1) is 0 Å². The van der Waals surface area contributed by atoms with Crippen molar-refractivity contribution in [2.45, 2.75) is 25.8 Å². The highest BCUT2D eigenvalue weighted by atomic mass is 32.1. The van der Waals surface area contributed by atoms with Crippen LogP contribution in [-0.2, 0) is 4.79 Å². The number of nitrogens with zero attached hydrogens (tertiary/aromatic N) is 3. The molecule has 0 bridgehead atoms. The first-order valence-electron chi connectivity index (χ1n) is 3.89. The van der Waals surface area contributed by atoms with Crippen LogP contribution in [0.3, 0.4) is 0 Å². The monoisotopic (exact) mass is 202 g/mol. The smallest absolute Gasteiger partial charge is 0.328 e. The van der Waals surface area contributed by atoms with E-state index in [0.29, 0.717) is 6.42 Å². The molecule has 0 aromatic carbocycles. The Labute approximate surface area is 79.6 Å². The van der Waals surface area contributed by atoms with E-state index in [9.17, 15) is 4.79 Å². The van der Waals surface area contributed by atoms with Crippen molar-refractivity contribution < 1.29 is 9.90 Å². The number of tetrazole rings is 1. The summed E-state index contributed by atoms with van der Waals surface area (Å²) < 4.78 is 1.45. The first kappa shape index (κ1) is 9.85. The van der Waals surface area contributed by atoms with Crippen LogP contribution in [0.1, 0.15) is 25.8 Å². The number of carboxylic acids is 1. The molecule has 1 aromatic rings. The average Bonchev–Trinajstić information content (AvgIpc) is 2.47. The van der Waals surface area contributed by atoms with Crippen LogP contribution in [0.15, 0.2) is 0 Å². The van der Waals surface area contributed by atoms with E-state index in [2.05, 4.69) is 15.5 Å². The average molecular weight is 202 g/mol. The summed E-state index contributed by atoms with van der Waals surface area (Å²) in [6.45, 7) is 1.91. The van der Waals surface area contributed by atoms with Crippen molar-refractivity contribution in [2.75, 3.05) is 0 Å². The van der Waals surface area contributed by atoms with Crippen molar-refractivity contribution >= 4 is 18.2 Å². The molecular formula is C6H10N4O2S. The van der Waals surface area contributed by atoms with Crippen molar-refractivity contribution in [2.24, 2.45) is 0 Å². The van der Waals surface area contributed by atoms with Crippen molar-refractivity contribution in [3.63, 3.8) is 0 Å². The molecule has 2 N–H and O–H groups in total. The van der Waals surface area contributed by atoms with Gasteiger partial charge in [-0.3, -0.25) is 0 Å². The summed E-state index contributed by atoms with van der Waals surface area (Å²) in [6.07, 6.45) is 1.27. The SMILES string of the molecule is CCCC(C(=O)O)n1[nH]nnc1=S. The first-order valence-corrected chi connectivity index (χ1v) is 4.30. The van der Waals surface area contributed by atoms with Gasteiger partial charge in [-0.2, -0.15) is 5.21 Å². The topological polar surface area (TPSA) is 83.8 Å². The van der Waals surface area contributed by atoms with Crippen LogP contribution in [-0.4, -0.2) is 31.3 Å². The summed E-state index contributed by atoms with van der Waals surface area (Å²) in [7, 11) is 0. The molecule has 0 saturated carbocycles. The fourth-order valence-electron chi connectivity index (χ4n) is 1.04. The number of H-pyrrole nitrogens is 1. The molecule has 0 spiro atoms. The Hall–Kier alpha value is -1.24. The molecule has 1 heterocycles. The predicted octanol–water partition coefficient (Wildman–Crippen LogP) is 0.761. The summed E-state index contributed by atoms with van der Waals surface area (Å²) in [5.41, 5.74) is 0. The molecular weight excluding hydrogens is 192 g/mol. The second-order valence-corrected chi connectivity index (χ2v) is 2.96. The molecule has 0 radical (unpaired) electrons. The fourth-order valence-corrected chi connectivity index (χ4v) is 1.25. The fraction of sp³-hybridized carbons (Fsp3) is 0.667. The van der Waals surface area contributed by atoms with Gasteiger partial charge in [-0.15, -0.1) is 0 Å². The lowest BCUT2D eigenvalue weighted by Gasteiger charge is -2.10. The maximum Gasteiger partial charge on any atom is 0.328 e. The van der Waals surface area contributed by atoms with Crippen molar-refractivity contribution in [1.29, 1.82) is 0 Å². The second kappa shape index (κ2) is 4.13. The van der Waals surface area contributed by atoms with E-state index in [-0.39, 0.29) is 4.77 Å². The van der Waals surface area contributed by atoms with E-state index in [0.717, 1.165) is 6.42 Å². The van der Waals surface area contributed by atoms with Gasteiger partial charge in [0, 0.05) is 0 Å². The van der Waals surface area contributed by atoms with E-state index in [1.807, 2.05) is 6.92 Å². The van der Waals surface area contributed by atoms with E-state index >= 15 is 0 Å². The van der Waals surface area contributed by atoms with E-state index in [4.69, 9.17) is 17.3 Å². The lowest BCUT2D eigenvalue weighted by atomic mass is 10.2. The van der Waals surface area contributed by atoms with E-state index in [1.165, 1.54) is 4.68 Å². The minimum Gasteiger partial charge on any atom is -0.480 e. The molecule has 0 aliphatic carbocycles. The van der Waals surface area contributed by atoms with Crippen LogP contribution in [0.5, 0.6) is 0 Å². The quantitative estimate of drug-likeness (QED) is 0.704. The molecule has 1 aromatic heterocycles. The first-order chi connectivity index (χ1) is 6.16. The molecule has 1 atom stereocenters. The highest BCUT2D eigenvalue weighted by Crippen LogP contribution is 2.11. The van der Waals surface area contributed by atoms with Gasteiger partial charge in [0.1, 0.15) is 0 Å². The summed E-state index contributed by atoms with van der Waals surface area (Å²) in [6, 6.07) is -0.688. The van der Waals surface area contributed by atoms with Crippen LogP contribution in [0, 0.1) is 4.77 Å². The molecule has 6 nitrogen and oxygen atoms in total. The van der Waals surface area contributed by atoms with Gasteiger partial charge >= 0.3 is 5.97 Å². The van der Waals surface area contributed by atoms with Gasteiger partial charge in [0.25, 0.3) is 0 Å². The number of hydrogen-bond acceptors (Lipinski definition) is 4. The number of nitrogens with one attached hydrogen (secondary N) is 1. The summed E-state index contributed by atoms with van der Waals surface area (Å²) in [5, 5.41) is 18.2. The zero-order valence-corrected chi connectivity index (χ0v) is 7.91. The molecule has 72 valence electrons. The maximum atomic E-state index is 10.8. The van der Waals surface area contributed by atoms with Crippen LogP contribution in [0.2, 0.25) is 0 Å². The Balaban J connectivity index is 2.95. The number of carbonyl (C=O) groups is 1. The van der Waals surface area contributed by atoms with Gasteiger partial charge in [-0.25, -0.2) is 9.48 Å². The molecule has 0 aliphatic rings. The number of aliphatic carboxylic acids is 1. The third-order valence-electron chi connectivity index (χ3n) is 1.65. The van der Waals surface area contributed by atoms with Crippen molar-refractivity contribution in [3.05, 3.63) is 4.77 Å². The molecule has 0 saturated heterocycles. The summed E-state index contributed by atoms with van der Waals surface area (Å²) >= 11 is 4.79. The molecule has 13 heavy (non-hydrogen) atoms. The normalized spacial score (nSPS) is 12.7. The Morgan fingerprint density at radius 2 is 2.54 bits per heavy atom. The number of aromatic amines is 1. The van der Waals surface area contributed by atoms with Crippen LogP contribution < -0.4 is 0 Å². The molecule has 1 rings (SSSR count). The zero-order chi connectivity index (χ0) is 9.84. The lowest BCUT2D eigenvalue weighted by molar-refractivity contribution is -0.141. The zero-order valence-electron chi connectivity index (χ0n) is 7.10. The van der Waals surface area contributed by atoms with Crippen molar-refractivity contribution in [1.82, 2.24) is 20.2 Å². The third-order valence-corrected chi connectivity index (χ3v) is 1.93. The molecule has 7 heteroatoms. The Bertz CT molecular complexity index is 344. The number of rotatable bonds is 4. The molecule has 1 unspecified atom stereocenters. The van der Waals surface area contributed by atoms with Gasteiger partial charge < -0.3 is 5.11 Å². The Morgan fingerprint density at radius 3 is 2.92 bits per heavy atom. The molecule has 0 amide bonds. The van der Waals surface area contributed by atoms with Crippen LogP contribution in [0.4, 0.5) is 0 Å². The van der Waals surface area contributed by atoms with Gasteiger partial charge in [0.15, 0.2) is 6.04 Å². The summed E-state index contributed by atoms with van der Waals surface area (Å²) in [5.74, 6) is -0.927. The van der Waals surface area contributed by atoms with Crippen LogP contribution >= 0.6 is 12.2 Å². The van der Waals surface area contributed by atoms with Gasteiger partial charge in [0.2, 0.25) is 4.77 Å². The standard InChI is InChI=1S/C6H10N4O2S/c1-2-3-4(5(11)12)10-6(13)7-8-9-10/h4H,2-3H2,1H3,(H,11,12)(H,7,9,13). The molecule has 0 aliphatic heterocycles. The Morgan fingerprint density at radius 1 is 1.85 bits per heavy atom. The number of hydrogen-bond donors (Lipinski definition) is 2. The third kappa shape index (κ3) is 2.11. The minimum atomic E-state index is -0.927. The maximum absolute atomic E-state index is 10.8. The Kier molecular flexibility index (Phi) is 3.13. The van der Waals surface area contributed by atoms with Gasteiger partial charge in [-0.05, 0) is 18.6 Å². The minimum absolute atomic E-state index is 0.167. The van der Waals surface area contributed by atoms with Gasteiger partial charge in [-0.1, -0.05) is 23.7 Å². The highest BCUT2D eigenvalue weighted by Gasteiger charge is 2.19. The predicted molar refractivity (Wildman–Crippen MR) is 46.8 cm³/mol.